The first-order valence-corrected chi connectivity index (χ1v) is 13.6. The van der Waals surface area contributed by atoms with Crippen molar-refractivity contribution in [1.29, 1.82) is 0 Å². The van der Waals surface area contributed by atoms with Gasteiger partial charge in [-0.1, -0.05) is 103 Å². The predicted molar refractivity (Wildman–Crippen MR) is 133 cm³/mol. The second kappa shape index (κ2) is 19.6. The van der Waals surface area contributed by atoms with Crippen LogP contribution in [0.25, 0.3) is 0 Å². The lowest BCUT2D eigenvalue weighted by Crippen LogP contribution is -2.67. The van der Waals surface area contributed by atoms with Crippen LogP contribution in [0.1, 0.15) is 117 Å². The molecule has 0 aliphatic carbocycles. The molecule has 1 aliphatic heterocycles. The third-order valence-corrected chi connectivity index (χ3v) is 6.67. The number of carbonyl (C=O) groups is 1. The molecule has 33 heavy (non-hydrogen) atoms. The van der Waals surface area contributed by atoms with Gasteiger partial charge in [0.1, 0.15) is 24.5 Å². The van der Waals surface area contributed by atoms with Gasteiger partial charge in [-0.2, -0.15) is 0 Å². The van der Waals surface area contributed by atoms with Gasteiger partial charge in [-0.05, 0) is 13.0 Å². The molecule has 0 aromatic heterocycles. The minimum Gasteiger partial charge on any atom is -0.394 e. The van der Waals surface area contributed by atoms with Crippen LogP contribution >= 0.6 is 0 Å². The molecular weight excluding hydrogens is 420 g/mol. The Morgan fingerprint density at radius 2 is 1.21 bits per heavy atom. The number of aliphatic hydroxyl groups excluding tert-OH is 3. The fourth-order valence-corrected chi connectivity index (χ4v) is 4.60. The molecule has 0 spiro atoms. The lowest BCUT2D eigenvalue weighted by atomic mass is 9.96. The average molecular weight is 473 g/mol. The van der Waals surface area contributed by atoms with Crippen LogP contribution in [0.5, 0.6) is 0 Å². The van der Waals surface area contributed by atoms with Crippen LogP contribution in [0.15, 0.2) is 0 Å². The molecule has 5 atom stereocenters. The molecule has 5 N–H and O–H groups in total. The van der Waals surface area contributed by atoms with E-state index in [4.69, 9.17) is 4.74 Å². The quantitative estimate of drug-likeness (QED) is 0.172. The van der Waals surface area contributed by atoms with Gasteiger partial charge in [0.2, 0.25) is 5.91 Å². The normalized spacial score (nSPS) is 25.3. The van der Waals surface area contributed by atoms with E-state index in [1.165, 1.54) is 96.8 Å². The Bertz CT molecular complexity index is 480. The fraction of sp³-hybridized carbons (Fsp3) is 0.962. The first kappa shape index (κ1) is 30.3. The lowest BCUT2D eigenvalue weighted by molar-refractivity contribution is -0.202. The second-order valence-electron chi connectivity index (χ2n) is 9.74. The maximum Gasteiger partial charge on any atom is 0.217 e. The summed E-state index contributed by atoms with van der Waals surface area (Å²) >= 11 is 0. The zero-order chi connectivity index (χ0) is 24.3. The van der Waals surface area contributed by atoms with Gasteiger partial charge in [-0.3, -0.25) is 10.1 Å². The summed E-state index contributed by atoms with van der Waals surface area (Å²) in [6, 6.07) is -0.749. The summed E-state index contributed by atoms with van der Waals surface area (Å²) in [5.41, 5.74) is 0. The molecule has 1 amide bonds. The maximum absolute atomic E-state index is 11.5. The first-order chi connectivity index (χ1) is 16.0. The highest BCUT2D eigenvalue weighted by molar-refractivity contribution is 5.73. The van der Waals surface area contributed by atoms with Gasteiger partial charge >= 0.3 is 0 Å². The van der Waals surface area contributed by atoms with Crippen LogP contribution < -0.4 is 10.6 Å². The van der Waals surface area contributed by atoms with E-state index in [1.54, 1.807) is 0 Å². The average Bonchev–Trinajstić information content (AvgIpc) is 2.80. The summed E-state index contributed by atoms with van der Waals surface area (Å²) in [5.74, 6) is -0.300. The molecule has 1 heterocycles. The Kier molecular flexibility index (Phi) is 18.0. The SMILES string of the molecule is CCCCCCCCCCCCCCCCCCNC1O[C@H](CO)[C@@H](O)[C@H](O)[C@H]1NC(C)=O. The zero-order valence-corrected chi connectivity index (χ0v) is 21.3. The maximum atomic E-state index is 11.5. The fourth-order valence-electron chi connectivity index (χ4n) is 4.60. The van der Waals surface area contributed by atoms with Crippen molar-refractivity contribution in [2.24, 2.45) is 0 Å². The molecule has 1 fully saturated rings. The molecular formula is C26H52N2O5. The van der Waals surface area contributed by atoms with E-state index in [2.05, 4.69) is 17.6 Å². The number of rotatable bonds is 20. The highest BCUT2D eigenvalue weighted by atomic mass is 16.5. The van der Waals surface area contributed by atoms with Crippen molar-refractivity contribution < 1.29 is 24.9 Å². The minimum atomic E-state index is -1.24. The van der Waals surface area contributed by atoms with E-state index in [9.17, 15) is 20.1 Å². The van der Waals surface area contributed by atoms with Crippen molar-refractivity contribution in [2.75, 3.05) is 13.2 Å². The summed E-state index contributed by atoms with van der Waals surface area (Å²) in [6.07, 6.45) is 17.2. The van der Waals surface area contributed by atoms with Crippen molar-refractivity contribution in [2.45, 2.75) is 147 Å². The monoisotopic (exact) mass is 472 g/mol. The molecule has 196 valence electrons. The summed E-state index contributed by atoms with van der Waals surface area (Å²) in [5, 5.41) is 35.6. The minimum absolute atomic E-state index is 0.300. The van der Waals surface area contributed by atoms with Crippen molar-refractivity contribution >= 4 is 5.91 Å². The molecule has 0 aromatic rings. The van der Waals surface area contributed by atoms with E-state index in [-0.39, 0.29) is 12.5 Å². The first-order valence-electron chi connectivity index (χ1n) is 13.6. The molecule has 1 unspecified atom stereocenters. The molecule has 0 aromatic carbocycles. The van der Waals surface area contributed by atoms with Crippen molar-refractivity contribution in [3.05, 3.63) is 0 Å². The van der Waals surface area contributed by atoms with Gasteiger partial charge in [0.05, 0.1) is 12.6 Å². The Morgan fingerprint density at radius 1 is 0.758 bits per heavy atom. The third-order valence-electron chi connectivity index (χ3n) is 6.67. The number of ether oxygens (including phenoxy) is 1. The Labute approximate surface area is 202 Å². The highest BCUT2D eigenvalue weighted by Gasteiger charge is 2.44. The Morgan fingerprint density at radius 3 is 1.64 bits per heavy atom. The number of hydrogen-bond donors (Lipinski definition) is 5. The zero-order valence-electron chi connectivity index (χ0n) is 21.3. The van der Waals surface area contributed by atoms with Crippen LogP contribution in [-0.4, -0.2) is 65.0 Å². The van der Waals surface area contributed by atoms with Crippen LogP contribution in [0.2, 0.25) is 0 Å². The van der Waals surface area contributed by atoms with Crippen LogP contribution in [-0.2, 0) is 9.53 Å². The van der Waals surface area contributed by atoms with Gasteiger partial charge in [0.15, 0.2) is 0 Å². The topological polar surface area (TPSA) is 111 Å². The number of aliphatic hydroxyl groups is 3. The van der Waals surface area contributed by atoms with E-state index in [1.807, 2.05) is 0 Å². The molecule has 1 aliphatic rings. The molecule has 1 rings (SSSR count). The molecule has 7 nitrogen and oxygen atoms in total. The van der Waals surface area contributed by atoms with Crippen molar-refractivity contribution in [3.63, 3.8) is 0 Å². The van der Waals surface area contributed by atoms with Crippen LogP contribution in [0, 0.1) is 0 Å². The van der Waals surface area contributed by atoms with E-state index in [0.29, 0.717) is 6.54 Å². The van der Waals surface area contributed by atoms with Crippen molar-refractivity contribution in [3.8, 4) is 0 Å². The summed E-state index contributed by atoms with van der Waals surface area (Å²) in [7, 11) is 0. The molecule has 0 bridgehead atoms. The Hall–Kier alpha value is -0.730. The van der Waals surface area contributed by atoms with Crippen molar-refractivity contribution in [1.82, 2.24) is 10.6 Å². The highest BCUT2D eigenvalue weighted by Crippen LogP contribution is 2.20. The molecule has 0 saturated carbocycles. The van der Waals surface area contributed by atoms with Gasteiger partial charge in [-0.15, -0.1) is 0 Å². The smallest absolute Gasteiger partial charge is 0.217 e. The molecule has 1 saturated heterocycles. The Balaban J connectivity index is 2.01. The predicted octanol–water partition coefficient (Wildman–Crippen LogP) is 3.78. The number of unbranched alkanes of at least 4 members (excludes halogenated alkanes) is 15. The lowest BCUT2D eigenvalue weighted by Gasteiger charge is -2.42. The van der Waals surface area contributed by atoms with Gasteiger partial charge in [-0.25, -0.2) is 0 Å². The second-order valence-corrected chi connectivity index (χ2v) is 9.74. The number of carbonyl (C=O) groups excluding carboxylic acids is 1. The third kappa shape index (κ3) is 13.7. The van der Waals surface area contributed by atoms with Gasteiger partial charge < -0.3 is 25.4 Å². The number of nitrogens with one attached hydrogen (secondary N) is 2. The standard InChI is InChI=1S/C26H52N2O5/c1-3-4-5-6-7-8-9-10-11-12-13-14-15-16-17-18-19-27-26-23(28-21(2)30)25(32)24(31)22(20-29)33-26/h22-27,29,31-32H,3-20H2,1-2H3,(H,28,30)/t22-,23-,24-,25-,26?/m1/s1. The number of amides is 1. The van der Waals surface area contributed by atoms with Gasteiger partial charge in [0, 0.05) is 6.92 Å². The summed E-state index contributed by atoms with van der Waals surface area (Å²) in [6.45, 7) is 3.94. The van der Waals surface area contributed by atoms with E-state index < -0.39 is 30.6 Å². The summed E-state index contributed by atoms with van der Waals surface area (Å²) in [4.78, 5) is 11.5. The van der Waals surface area contributed by atoms with E-state index in [0.717, 1.165) is 12.8 Å². The summed E-state index contributed by atoms with van der Waals surface area (Å²) < 4.78 is 5.67. The number of hydrogen-bond acceptors (Lipinski definition) is 6. The van der Waals surface area contributed by atoms with Gasteiger partial charge in [0.25, 0.3) is 0 Å². The van der Waals surface area contributed by atoms with Crippen LogP contribution in [0.3, 0.4) is 0 Å². The van der Waals surface area contributed by atoms with E-state index >= 15 is 0 Å². The molecule has 0 radical (unpaired) electrons. The van der Waals surface area contributed by atoms with Crippen LogP contribution in [0.4, 0.5) is 0 Å². The molecule has 7 heteroatoms. The largest absolute Gasteiger partial charge is 0.394 e.